The van der Waals surface area contributed by atoms with Crippen LogP contribution in [0.15, 0.2) is 23.1 Å². The van der Waals surface area contributed by atoms with Gasteiger partial charge in [-0.15, -0.1) is 0 Å². The first kappa shape index (κ1) is 14.5. The first-order chi connectivity index (χ1) is 8.76. The first-order valence-electron chi connectivity index (χ1n) is 5.84. The Morgan fingerprint density at radius 1 is 1.47 bits per heavy atom. The lowest BCUT2D eigenvalue weighted by Gasteiger charge is -2.16. The summed E-state index contributed by atoms with van der Waals surface area (Å²) in [7, 11) is 0. The predicted octanol–water partition coefficient (Wildman–Crippen LogP) is 3.44. The van der Waals surface area contributed by atoms with E-state index >= 15 is 0 Å². The molecule has 0 aliphatic carbocycles. The van der Waals surface area contributed by atoms with Gasteiger partial charge in [0.05, 0.1) is 18.3 Å². The lowest BCUT2D eigenvalue weighted by molar-refractivity contribution is 0.0577. The van der Waals surface area contributed by atoms with Crippen LogP contribution < -0.4 is 0 Å². The summed E-state index contributed by atoms with van der Waals surface area (Å²) in [6.07, 6.45) is 3.63. The third-order valence-electron chi connectivity index (χ3n) is 2.60. The number of nitrogens with zero attached hydrogens (tertiary/aromatic N) is 3. The number of aryl methyl sites for hydroxylation is 1. The van der Waals surface area contributed by atoms with E-state index in [1.54, 1.807) is 24.7 Å². The average molecular weight is 345 g/mol. The highest BCUT2D eigenvalue weighted by atomic mass is 79.9. The smallest absolute Gasteiger partial charge is 0.133 e. The van der Waals surface area contributed by atoms with Gasteiger partial charge in [-0.25, -0.2) is 4.98 Å². The molecule has 2 heterocycles. The standard InChI is InChI=1S/C13H15BrClN3O/c1-8-4-10(11(14)17-12(8)15)9-5-16-18(6-9)7-13(2,3)19/h4-6,19H,7H2,1-3H3. The number of rotatable bonds is 3. The summed E-state index contributed by atoms with van der Waals surface area (Å²) < 4.78 is 2.40. The highest BCUT2D eigenvalue weighted by Crippen LogP contribution is 2.30. The summed E-state index contributed by atoms with van der Waals surface area (Å²) >= 11 is 9.38. The van der Waals surface area contributed by atoms with Crippen molar-refractivity contribution in [2.75, 3.05) is 0 Å². The van der Waals surface area contributed by atoms with Gasteiger partial charge >= 0.3 is 0 Å². The summed E-state index contributed by atoms with van der Waals surface area (Å²) in [5.74, 6) is 0. The number of pyridine rings is 1. The van der Waals surface area contributed by atoms with Crippen LogP contribution in [-0.4, -0.2) is 25.5 Å². The fourth-order valence-electron chi connectivity index (χ4n) is 1.76. The van der Waals surface area contributed by atoms with Crippen molar-refractivity contribution in [2.45, 2.75) is 32.9 Å². The molecule has 0 atom stereocenters. The van der Waals surface area contributed by atoms with E-state index in [-0.39, 0.29) is 0 Å². The van der Waals surface area contributed by atoms with E-state index in [9.17, 15) is 5.11 Å². The van der Waals surface area contributed by atoms with Gasteiger partial charge in [-0.2, -0.15) is 5.10 Å². The van der Waals surface area contributed by atoms with Crippen LogP contribution in [-0.2, 0) is 6.54 Å². The number of halogens is 2. The molecule has 0 amide bonds. The molecule has 0 bridgehead atoms. The lowest BCUT2D eigenvalue weighted by Crippen LogP contribution is -2.26. The van der Waals surface area contributed by atoms with Gasteiger partial charge in [0.2, 0.25) is 0 Å². The van der Waals surface area contributed by atoms with E-state index in [1.165, 1.54) is 0 Å². The maximum Gasteiger partial charge on any atom is 0.133 e. The van der Waals surface area contributed by atoms with E-state index in [4.69, 9.17) is 11.6 Å². The fraction of sp³-hybridized carbons (Fsp3) is 0.385. The normalized spacial score (nSPS) is 11.9. The molecule has 0 saturated carbocycles. The van der Waals surface area contributed by atoms with Gasteiger partial charge in [0.25, 0.3) is 0 Å². The van der Waals surface area contributed by atoms with Crippen molar-refractivity contribution in [3.05, 3.63) is 33.8 Å². The predicted molar refractivity (Wildman–Crippen MR) is 79.2 cm³/mol. The molecule has 6 heteroatoms. The third kappa shape index (κ3) is 3.55. The molecule has 2 aromatic heterocycles. The zero-order chi connectivity index (χ0) is 14.2. The number of hydrogen-bond donors (Lipinski definition) is 1. The molecule has 2 rings (SSSR count). The second-order valence-electron chi connectivity index (χ2n) is 5.17. The maximum absolute atomic E-state index is 9.79. The molecule has 0 fully saturated rings. The average Bonchev–Trinajstić information content (AvgIpc) is 2.69. The zero-order valence-corrected chi connectivity index (χ0v) is 13.3. The minimum atomic E-state index is -0.797. The van der Waals surface area contributed by atoms with Crippen LogP contribution in [0.1, 0.15) is 19.4 Å². The van der Waals surface area contributed by atoms with Crippen molar-refractivity contribution >= 4 is 27.5 Å². The summed E-state index contributed by atoms with van der Waals surface area (Å²) in [5.41, 5.74) is 1.98. The summed E-state index contributed by atoms with van der Waals surface area (Å²) in [6.45, 7) is 5.84. The van der Waals surface area contributed by atoms with Crippen LogP contribution in [0.3, 0.4) is 0 Å². The summed E-state index contributed by atoms with van der Waals surface area (Å²) in [6, 6.07) is 1.96. The molecule has 0 aliphatic heterocycles. The van der Waals surface area contributed by atoms with Gasteiger partial charge in [0.1, 0.15) is 9.76 Å². The zero-order valence-electron chi connectivity index (χ0n) is 11.0. The van der Waals surface area contributed by atoms with Crippen LogP contribution in [0.25, 0.3) is 11.1 Å². The molecule has 19 heavy (non-hydrogen) atoms. The van der Waals surface area contributed by atoms with E-state index in [1.807, 2.05) is 19.2 Å². The number of aliphatic hydroxyl groups is 1. The first-order valence-corrected chi connectivity index (χ1v) is 7.01. The van der Waals surface area contributed by atoms with Crippen LogP contribution in [0, 0.1) is 6.92 Å². The van der Waals surface area contributed by atoms with Crippen molar-refractivity contribution in [3.8, 4) is 11.1 Å². The Hall–Kier alpha value is -0.910. The lowest BCUT2D eigenvalue weighted by atomic mass is 10.1. The van der Waals surface area contributed by atoms with E-state index in [0.29, 0.717) is 16.3 Å². The van der Waals surface area contributed by atoms with E-state index < -0.39 is 5.60 Å². The van der Waals surface area contributed by atoms with Crippen molar-refractivity contribution in [1.82, 2.24) is 14.8 Å². The van der Waals surface area contributed by atoms with Gasteiger partial charge in [0, 0.05) is 17.3 Å². The molecule has 4 nitrogen and oxygen atoms in total. The van der Waals surface area contributed by atoms with Gasteiger partial charge < -0.3 is 5.11 Å². The molecule has 2 aromatic rings. The van der Waals surface area contributed by atoms with Crippen molar-refractivity contribution in [1.29, 1.82) is 0 Å². The van der Waals surface area contributed by atoms with Gasteiger partial charge in [-0.05, 0) is 48.3 Å². The molecule has 0 spiro atoms. The molecule has 1 N–H and O–H groups in total. The largest absolute Gasteiger partial charge is 0.389 e. The minimum Gasteiger partial charge on any atom is -0.389 e. The molecular weight excluding hydrogens is 330 g/mol. The van der Waals surface area contributed by atoms with Crippen LogP contribution in [0.2, 0.25) is 5.15 Å². The van der Waals surface area contributed by atoms with Gasteiger partial charge in [-0.3, -0.25) is 4.68 Å². The fourth-order valence-corrected chi connectivity index (χ4v) is 2.52. The summed E-state index contributed by atoms with van der Waals surface area (Å²) in [4.78, 5) is 4.23. The topological polar surface area (TPSA) is 50.9 Å². The Balaban J connectivity index is 2.36. The van der Waals surface area contributed by atoms with Crippen LogP contribution in [0.5, 0.6) is 0 Å². The van der Waals surface area contributed by atoms with Gasteiger partial charge in [0.15, 0.2) is 0 Å². The molecule has 0 radical (unpaired) electrons. The van der Waals surface area contributed by atoms with Crippen LogP contribution in [0.4, 0.5) is 0 Å². The maximum atomic E-state index is 9.79. The molecule has 0 unspecified atom stereocenters. The van der Waals surface area contributed by atoms with Crippen molar-refractivity contribution < 1.29 is 5.11 Å². The van der Waals surface area contributed by atoms with E-state index in [0.717, 1.165) is 16.7 Å². The van der Waals surface area contributed by atoms with Crippen molar-refractivity contribution in [2.24, 2.45) is 0 Å². The Morgan fingerprint density at radius 2 is 2.16 bits per heavy atom. The minimum absolute atomic E-state index is 0.435. The molecule has 0 aromatic carbocycles. The highest BCUT2D eigenvalue weighted by Gasteiger charge is 2.15. The monoisotopic (exact) mass is 343 g/mol. The summed E-state index contributed by atoms with van der Waals surface area (Å²) in [5, 5.41) is 14.5. The van der Waals surface area contributed by atoms with Crippen molar-refractivity contribution in [3.63, 3.8) is 0 Å². The Bertz CT molecular complexity index is 604. The molecule has 0 saturated heterocycles. The highest BCUT2D eigenvalue weighted by molar-refractivity contribution is 9.10. The van der Waals surface area contributed by atoms with Gasteiger partial charge in [-0.1, -0.05) is 11.6 Å². The number of hydrogen-bond acceptors (Lipinski definition) is 3. The Labute approximate surface area is 125 Å². The van der Waals surface area contributed by atoms with E-state index in [2.05, 4.69) is 26.0 Å². The number of aromatic nitrogens is 3. The molecule has 0 aliphatic rings. The molecular formula is C13H15BrClN3O. The Morgan fingerprint density at radius 3 is 2.79 bits per heavy atom. The second-order valence-corrected chi connectivity index (χ2v) is 6.28. The SMILES string of the molecule is Cc1cc(-c2cnn(CC(C)(C)O)c2)c(Br)nc1Cl. The Kier molecular flexibility index (Phi) is 3.99. The molecule has 102 valence electrons. The second kappa shape index (κ2) is 5.23. The third-order valence-corrected chi connectivity index (χ3v) is 3.59. The van der Waals surface area contributed by atoms with Crippen LogP contribution >= 0.6 is 27.5 Å². The quantitative estimate of drug-likeness (QED) is 0.868.